The van der Waals surface area contributed by atoms with Gasteiger partial charge in [0.05, 0.1) is 32.0 Å². The van der Waals surface area contributed by atoms with E-state index in [9.17, 15) is 40.2 Å². The molecule has 2 heterocycles. The van der Waals surface area contributed by atoms with Gasteiger partial charge in [-0.1, -0.05) is 12.1 Å². The number of aromatic hydroxyl groups is 2. The van der Waals surface area contributed by atoms with Crippen LogP contribution in [0.1, 0.15) is 31.9 Å². The number of methoxy groups -OCH3 is 1. The van der Waals surface area contributed by atoms with Crippen molar-refractivity contribution >= 4 is 11.9 Å². The lowest BCUT2D eigenvalue weighted by Gasteiger charge is -2.41. The normalized spacial score (nSPS) is 29.8. The molecule has 2 aliphatic heterocycles. The molecule has 0 bridgehead atoms. The number of hydrogen-bond donors (Lipinski definition) is 6. The van der Waals surface area contributed by atoms with Gasteiger partial charge in [0, 0.05) is 18.1 Å². The number of aliphatic hydroxyl groups is 4. The van der Waals surface area contributed by atoms with Crippen LogP contribution in [0.5, 0.6) is 11.5 Å². The van der Waals surface area contributed by atoms with Crippen LogP contribution < -0.4 is 0 Å². The van der Waals surface area contributed by atoms with Crippen molar-refractivity contribution in [3.63, 3.8) is 0 Å². The summed E-state index contributed by atoms with van der Waals surface area (Å²) in [6, 6.07) is 4.08. The van der Waals surface area contributed by atoms with E-state index < -0.39 is 67.6 Å². The van der Waals surface area contributed by atoms with Gasteiger partial charge in [-0.2, -0.15) is 0 Å². The van der Waals surface area contributed by atoms with Gasteiger partial charge in [-0.15, -0.1) is 0 Å². The van der Waals surface area contributed by atoms with Crippen LogP contribution in [0, 0.1) is 5.92 Å². The van der Waals surface area contributed by atoms with E-state index in [0.29, 0.717) is 5.56 Å². The molecule has 228 valence electrons. The Balaban J connectivity index is 1.76. The van der Waals surface area contributed by atoms with E-state index in [1.165, 1.54) is 24.3 Å². The van der Waals surface area contributed by atoms with Gasteiger partial charge in [0.1, 0.15) is 37.1 Å². The molecule has 6 N–H and O–H groups in total. The SMILES string of the molecule is C/C=C1\[C@H](O[C@@H]2O[C@H](CO)[C@@H](O)[C@H](O)[C@H]2O)OC=C(C(=O)OC)[C@H]1CC(=O)OCC(OCC)c1ccc(O)c(O)c1. The summed E-state index contributed by atoms with van der Waals surface area (Å²) in [5, 5.41) is 59.4. The van der Waals surface area contributed by atoms with Gasteiger partial charge < -0.3 is 59.1 Å². The number of carbonyl (C=O) groups excluding carboxylic acids is 2. The Morgan fingerprint density at radius 3 is 2.44 bits per heavy atom. The van der Waals surface area contributed by atoms with Crippen molar-refractivity contribution in [1.82, 2.24) is 0 Å². The first-order valence-electron chi connectivity index (χ1n) is 12.9. The van der Waals surface area contributed by atoms with Crippen LogP contribution in [-0.2, 0) is 38.0 Å². The Hall–Kier alpha value is -3.24. The maximum absolute atomic E-state index is 13.0. The first kappa shape index (κ1) is 32.3. The van der Waals surface area contributed by atoms with E-state index in [1.807, 2.05) is 0 Å². The molecule has 1 unspecified atom stereocenters. The molecule has 14 nitrogen and oxygen atoms in total. The third-order valence-electron chi connectivity index (χ3n) is 6.73. The highest BCUT2D eigenvalue weighted by atomic mass is 16.8. The Morgan fingerprint density at radius 1 is 1.10 bits per heavy atom. The van der Waals surface area contributed by atoms with Crippen LogP contribution in [0.15, 0.2) is 41.7 Å². The second kappa shape index (κ2) is 14.6. The number of hydrogen-bond acceptors (Lipinski definition) is 14. The predicted molar refractivity (Wildman–Crippen MR) is 137 cm³/mol. The van der Waals surface area contributed by atoms with E-state index in [1.54, 1.807) is 13.8 Å². The number of esters is 2. The summed E-state index contributed by atoms with van der Waals surface area (Å²) in [4.78, 5) is 25.5. The molecule has 1 saturated heterocycles. The summed E-state index contributed by atoms with van der Waals surface area (Å²) >= 11 is 0. The Bertz CT molecular complexity index is 1120. The van der Waals surface area contributed by atoms with Gasteiger partial charge >= 0.3 is 11.9 Å². The second-order valence-electron chi connectivity index (χ2n) is 9.29. The molecule has 1 aromatic carbocycles. The fourth-order valence-electron chi connectivity index (χ4n) is 4.50. The van der Waals surface area contributed by atoms with Gasteiger partial charge in [-0.3, -0.25) is 4.79 Å². The van der Waals surface area contributed by atoms with Crippen molar-refractivity contribution in [2.45, 2.75) is 63.4 Å². The number of ether oxygens (including phenoxy) is 6. The lowest BCUT2D eigenvalue weighted by atomic mass is 9.86. The highest BCUT2D eigenvalue weighted by molar-refractivity contribution is 5.90. The minimum absolute atomic E-state index is 0.0176. The lowest BCUT2D eigenvalue weighted by molar-refractivity contribution is -0.327. The maximum Gasteiger partial charge on any atom is 0.337 e. The van der Waals surface area contributed by atoms with Crippen LogP contribution in [0.2, 0.25) is 0 Å². The molecule has 41 heavy (non-hydrogen) atoms. The number of benzene rings is 1. The van der Waals surface area contributed by atoms with E-state index in [2.05, 4.69) is 0 Å². The molecule has 1 fully saturated rings. The number of allylic oxidation sites excluding steroid dienone is 1. The molecule has 0 aromatic heterocycles. The van der Waals surface area contributed by atoms with Gasteiger partial charge in [-0.25, -0.2) is 4.79 Å². The lowest BCUT2D eigenvalue weighted by Crippen LogP contribution is -2.60. The zero-order valence-electron chi connectivity index (χ0n) is 22.8. The molecule has 8 atom stereocenters. The molecular weight excluding hydrogens is 548 g/mol. The molecule has 0 spiro atoms. The molecule has 0 amide bonds. The molecule has 14 heteroatoms. The maximum atomic E-state index is 13.0. The van der Waals surface area contributed by atoms with Crippen molar-refractivity contribution in [3.05, 3.63) is 47.2 Å². The number of rotatable bonds is 11. The van der Waals surface area contributed by atoms with Crippen LogP contribution in [0.25, 0.3) is 0 Å². The summed E-state index contributed by atoms with van der Waals surface area (Å²) in [5.74, 6) is -3.14. The minimum Gasteiger partial charge on any atom is -0.504 e. The topological polar surface area (TPSA) is 211 Å². The van der Waals surface area contributed by atoms with Gasteiger partial charge in [-0.05, 0) is 31.5 Å². The first-order chi connectivity index (χ1) is 19.6. The van der Waals surface area contributed by atoms with E-state index in [-0.39, 0.29) is 42.3 Å². The van der Waals surface area contributed by atoms with Crippen molar-refractivity contribution in [1.29, 1.82) is 0 Å². The van der Waals surface area contributed by atoms with Crippen LogP contribution in [0.3, 0.4) is 0 Å². The van der Waals surface area contributed by atoms with E-state index >= 15 is 0 Å². The molecule has 1 aromatic rings. The fourth-order valence-corrected chi connectivity index (χ4v) is 4.50. The third kappa shape index (κ3) is 7.54. The molecular formula is C27H36O14. The van der Waals surface area contributed by atoms with E-state index in [0.717, 1.165) is 13.4 Å². The Labute approximate surface area is 235 Å². The third-order valence-corrected chi connectivity index (χ3v) is 6.73. The Morgan fingerprint density at radius 2 is 1.83 bits per heavy atom. The van der Waals surface area contributed by atoms with Crippen molar-refractivity contribution in [2.24, 2.45) is 5.92 Å². The standard InChI is InChI=1S/C27H36O14/c1-4-14-15(9-21(31)38-12-20(37-5-2)13-6-7-17(29)18(30)8-13)16(25(35)36-3)11-39-26(14)41-27-24(34)23(33)22(32)19(10-28)40-27/h4,6-8,11,15,19-20,22-24,26-30,32-34H,5,9-10,12H2,1-3H3/b14-4-/t15-,19+,20?,22+,23-,24+,26-,27-/m0/s1. The van der Waals surface area contributed by atoms with E-state index in [4.69, 9.17) is 28.4 Å². The molecule has 0 aliphatic carbocycles. The summed E-state index contributed by atoms with van der Waals surface area (Å²) < 4.78 is 32.6. The summed E-state index contributed by atoms with van der Waals surface area (Å²) in [6.07, 6.45) is -7.60. The number of phenols is 2. The second-order valence-corrected chi connectivity index (χ2v) is 9.29. The largest absolute Gasteiger partial charge is 0.504 e. The van der Waals surface area contributed by atoms with Crippen molar-refractivity contribution < 1.29 is 68.6 Å². The zero-order valence-corrected chi connectivity index (χ0v) is 22.8. The number of phenolic OH excluding ortho intramolecular Hbond substituents is 2. The van der Waals surface area contributed by atoms with Crippen LogP contribution >= 0.6 is 0 Å². The average Bonchev–Trinajstić information content (AvgIpc) is 2.96. The number of aliphatic hydroxyl groups excluding tert-OH is 4. The highest BCUT2D eigenvalue weighted by Gasteiger charge is 2.47. The smallest absolute Gasteiger partial charge is 0.337 e. The Kier molecular flexibility index (Phi) is 11.5. The first-order valence-corrected chi connectivity index (χ1v) is 12.9. The van der Waals surface area contributed by atoms with Gasteiger partial charge in [0.2, 0.25) is 6.29 Å². The number of carbonyl (C=O) groups is 2. The summed E-state index contributed by atoms with van der Waals surface area (Å²) in [5.41, 5.74) is 0.709. The highest BCUT2D eigenvalue weighted by Crippen LogP contribution is 2.36. The zero-order chi connectivity index (χ0) is 30.3. The molecule has 0 saturated carbocycles. The van der Waals surface area contributed by atoms with Crippen LogP contribution in [-0.4, -0.2) is 107 Å². The molecule has 2 aliphatic rings. The fraction of sp³-hybridized carbons (Fsp3) is 0.556. The van der Waals surface area contributed by atoms with Crippen molar-refractivity contribution in [2.75, 3.05) is 26.9 Å². The van der Waals surface area contributed by atoms with Crippen molar-refractivity contribution in [3.8, 4) is 11.5 Å². The summed E-state index contributed by atoms with van der Waals surface area (Å²) in [7, 11) is 1.16. The van der Waals surface area contributed by atoms with Gasteiger partial charge in [0.15, 0.2) is 17.8 Å². The predicted octanol–water partition coefficient (Wildman–Crippen LogP) is -0.0991. The monoisotopic (exact) mass is 584 g/mol. The average molecular weight is 585 g/mol. The van der Waals surface area contributed by atoms with Crippen LogP contribution in [0.4, 0.5) is 0 Å². The molecule has 0 radical (unpaired) electrons. The quantitative estimate of drug-likeness (QED) is 0.114. The summed E-state index contributed by atoms with van der Waals surface area (Å²) in [6.45, 7) is 2.69. The minimum atomic E-state index is -1.71. The molecule has 3 rings (SSSR count). The van der Waals surface area contributed by atoms with Gasteiger partial charge in [0.25, 0.3) is 0 Å².